The summed E-state index contributed by atoms with van der Waals surface area (Å²) >= 11 is 1.68. The predicted octanol–water partition coefficient (Wildman–Crippen LogP) is 5.35. The standard InChI is InChI=1S/C21H19N3S/c1-24(17-10-3-2-4-11-17)15-16-9-5-8-14-20(16)25-21-22-18-12-6-7-13-19(18)23-21/h2-14H,15H2,1H3,(H,22,23). The van der Waals surface area contributed by atoms with Gasteiger partial charge in [0.15, 0.2) is 5.16 Å². The van der Waals surface area contributed by atoms with Gasteiger partial charge in [-0.05, 0) is 35.9 Å². The fourth-order valence-corrected chi connectivity index (χ4v) is 3.77. The molecule has 25 heavy (non-hydrogen) atoms. The predicted molar refractivity (Wildman–Crippen MR) is 105 cm³/mol. The molecular formula is C21H19N3S. The Bertz CT molecular complexity index is 946. The number of hydrogen-bond donors (Lipinski definition) is 1. The zero-order chi connectivity index (χ0) is 17.1. The first-order valence-electron chi connectivity index (χ1n) is 8.26. The van der Waals surface area contributed by atoms with Crippen LogP contribution in [0.4, 0.5) is 5.69 Å². The number of nitrogens with zero attached hydrogens (tertiary/aromatic N) is 2. The van der Waals surface area contributed by atoms with E-state index in [1.54, 1.807) is 11.8 Å². The van der Waals surface area contributed by atoms with Crippen LogP contribution in [0.15, 0.2) is 88.9 Å². The summed E-state index contributed by atoms with van der Waals surface area (Å²) in [5, 5.41) is 0.927. The molecule has 0 saturated heterocycles. The van der Waals surface area contributed by atoms with Crippen LogP contribution in [0.3, 0.4) is 0 Å². The highest BCUT2D eigenvalue weighted by molar-refractivity contribution is 7.99. The number of aromatic nitrogens is 2. The van der Waals surface area contributed by atoms with Crippen molar-refractivity contribution in [2.75, 3.05) is 11.9 Å². The second kappa shape index (κ2) is 7.03. The minimum atomic E-state index is 0.855. The summed E-state index contributed by atoms with van der Waals surface area (Å²) in [5.74, 6) is 0. The van der Waals surface area contributed by atoms with Gasteiger partial charge in [0.05, 0.1) is 11.0 Å². The molecule has 0 aliphatic rings. The van der Waals surface area contributed by atoms with Gasteiger partial charge >= 0.3 is 0 Å². The number of hydrogen-bond acceptors (Lipinski definition) is 3. The number of aromatic amines is 1. The van der Waals surface area contributed by atoms with Crippen LogP contribution in [0.1, 0.15) is 5.56 Å². The van der Waals surface area contributed by atoms with E-state index in [0.717, 1.165) is 22.7 Å². The van der Waals surface area contributed by atoms with E-state index in [1.165, 1.54) is 16.1 Å². The molecule has 0 spiro atoms. The second-order valence-electron chi connectivity index (χ2n) is 5.96. The molecule has 1 aromatic heterocycles. The van der Waals surface area contributed by atoms with Crippen molar-refractivity contribution >= 4 is 28.5 Å². The van der Waals surface area contributed by atoms with Gasteiger partial charge in [-0.15, -0.1) is 0 Å². The van der Waals surface area contributed by atoms with Crippen LogP contribution in [0, 0.1) is 0 Å². The number of fused-ring (bicyclic) bond motifs is 1. The van der Waals surface area contributed by atoms with E-state index in [9.17, 15) is 0 Å². The smallest absolute Gasteiger partial charge is 0.171 e. The van der Waals surface area contributed by atoms with Crippen LogP contribution in [0.5, 0.6) is 0 Å². The van der Waals surface area contributed by atoms with Gasteiger partial charge in [-0.1, -0.05) is 60.3 Å². The van der Waals surface area contributed by atoms with Gasteiger partial charge in [0.1, 0.15) is 0 Å². The van der Waals surface area contributed by atoms with Crippen LogP contribution < -0.4 is 4.90 Å². The first-order chi connectivity index (χ1) is 12.3. The molecule has 4 aromatic rings. The third-order valence-corrected chi connectivity index (χ3v) is 5.16. The maximum Gasteiger partial charge on any atom is 0.171 e. The Morgan fingerprint density at radius 2 is 1.60 bits per heavy atom. The number of anilines is 1. The molecule has 0 aliphatic carbocycles. The molecule has 1 N–H and O–H groups in total. The van der Waals surface area contributed by atoms with Crippen LogP contribution in [-0.2, 0) is 6.54 Å². The van der Waals surface area contributed by atoms with Crippen molar-refractivity contribution < 1.29 is 0 Å². The quantitative estimate of drug-likeness (QED) is 0.529. The molecule has 0 fully saturated rings. The Balaban J connectivity index is 1.58. The Morgan fingerprint density at radius 3 is 2.44 bits per heavy atom. The molecule has 4 heteroatoms. The highest BCUT2D eigenvalue weighted by Crippen LogP contribution is 2.31. The third-order valence-electron chi connectivity index (χ3n) is 4.15. The van der Waals surface area contributed by atoms with Gasteiger partial charge in [0.2, 0.25) is 0 Å². The summed E-state index contributed by atoms with van der Waals surface area (Å²) in [6, 6.07) is 27.1. The number of imidazole rings is 1. The Morgan fingerprint density at radius 1 is 0.880 bits per heavy atom. The van der Waals surface area contributed by atoms with Gasteiger partial charge in [-0.2, -0.15) is 0 Å². The van der Waals surface area contributed by atoms with Crippen molar-refractivity contribution in [1.29, 1.82) is 0 Å². The van der Waals surface area contributed by atoms with Gasteiger partial charge in [0.25, 0.3) is 0 Å². The van der Waals surface area contributed by atoms with E-state index < -0.39 is 0 Å². The first kappa shape index (κ1) is 15.8. The van der Waals surface area contributed by atoms with Crippen molar-refractivity contribution in [3.05, 3.63) is 84.4 Å². The highest BCUT2D eigenvalue weighted by atomic mass is 32.2. The maximum absolute atomic E-state index is 4.68. The van der Waals surface area contributed by atoms with Crippen molar-refractivity contribution in [3.8, 4) is 0 Å². The lowest BCUT2D eigenvalue weighted by Crippen LogP contribution is -2.16. The summed E-state index contributed by atoms with van der Waals surface area (Å²) in [6.45, 7) is 0.855. The average Bonchev–Trinajstić information content (AvgIpc) is 3.06. The van der Waals surface area contributed by atoms with E-state index in [1.807, 2.05) is 24.3 Å². The number of H-pyrrole nitrogens is 1. The number of benzene rings is 3. The molecule has 4 rings (SSSR count). The molecule has 0 saturated carbocycles. The number of para-hydroxylation sites is 3. The molecule has 3 aromatic carbocycles. The summed E-state index contributed by atoms with van der Waals surface area (Å²) in [4.78, 5) is 11.6. The number of nitrogens with one attached hydrogen (secondary N) is 1. The summed E-state index contributed by atoms with van der Waals surface area (Å²) in [6.07, 6.45) is 0. The zero-order valence-corrected chi connectivity index (χ0v) is 14.8. The lowest BCUT2D eigenvalue weighted by atomic mass is 10.2. The normalized spacial score (nSPS) is 10.9. The van der Waals surface area contributed by atoms with Gasteiger partial charge in [0, 0.05) is 24.2 Å². The van der Waals surface area contributed by atoms with E-state index >= 15 is 0 Å². The van der Waals surface area contributed by atoms with Crippen LogP contribution in [0.25, 0.3) is 11.0 Å². The topological polar surface area (TPSA) is 31.9 Å². The SMILES string of the molecule is CN(Cc1ccccc1Sc1nc2ccccc2[nH]1)c1ccccc1. The van der Waals surface area contributed by atoms with E-state index in [-0.39, 0.29) is 0 Å². The van der Waals surface area contributed by atoms with Crippen molar-refractivity contribution in [2.45, 2.75) is 16.6 Å². The van der Waals surface area contributed by atoms with Crippen molar-refractivity contribution in [1.82, 2.24) is 9.97 Å². The fraction of sp³-hybridized carbons (Fsp3) is 0.0952. The van der Waals surface area contributed by atoms with Crippen molar-refractivity contribution in [3.63, 3.8) is 0 Å². The average molecular weight is 345 g/mol. The highest BCUT2D eigenvalue weighted by Gasteiger charge is 2.10. The Hall–Kier alpha value is -2.72. The van der Waals surface area contributed by atoms with Gasteiger partial charge in [-0.25, -0.2) is 4.98 Å². The molecule has 1 heterocycles. The molecule has 0 atom stereocenters. The minimum Gasteiger partial charge on any atom is -0.370 e. The molecular weight excluding hydrogens is 326 g/mol. The molecule has 3 nitrogen and oxygen atoms in total. The lowest BCUT2D eigenvalue weighted by Gasteiger charge is -2.20. The maximum atomic E-state index is 4.68. The van der Waals surface area contributed by atoms with E-state index in [2.05, 4.69) is 76.5 Å². The second-order valence-corrected chi connectivity index (χ2v) is 6.99. The minimum absolute atomic E-state index is 0.855. The van der Waals surface area contributed by atoms with Crippen molar-refractivity contribution in [2.24, 2.45) is 0 Å². The van der Waals surface area contributed by atoms with Gasteiger partial charge < -0.3 is 9.88 Å². The molecule has 0 unspecified atom stereocenters. The van der Waals surface area contributed by atoms with Crippen LogP contribution in [0.2, 0.25) is 0 Å². The lowest BCUT2D eigenvalue weighted by molar-refractivity contribution is 0.901. The zero-order valence-electron chi connectivity index (χ0n) is 14.0. The monoisotopic (exact) mass is 345 g/mol. The molecule has 0 bridgehead atoms. The first-order valence-corrected chi connectivity index (χ1v) is 9.08. The fourth-order valence-electron chi connectivity index (χ4n) is 2.85. The number of rotatable bonds is 5. The van der Waals surface area contributed by atoms with Gasteiger partial charge in [-0.3, -0.25) is 0 Å². The largest absolute Gasteiger partial charge is 0.370 e. The molecule has 0 radical (unpaired) electrons. The van der Waals surface area contributed by atoms with Crippen LogP contribution >= 0.6 is 11.8 Å². The molecule has 124 valence electrons. The summed E-state index contributed by atoms with van der Waals surface area (Å²) in [5.41, 5.74) is 4.58. The summed E-state index contributed by atoms with van der Waals surface area (Å²) in [7, 11) is 2.12. The van der Waals surface area contributed by atoms with E-state index in [0.29, 0.717) is 0 Å². The molecule has 0 amide bonds. The molecule has 0 aliphatic heterocycles. The third kappa shape index (κ3) is 3.54. The Labute approximate surface area is 151 Å². The van der Waals surface area contributed by atoms with E-state index in [4.69, 9.17) is 0 Å². The Kier molecular flexibility index (Phi) is 4.44. The summed E-state index contributed by atoms with van der Waals surface area (Å²) < 4.78 is 0. The van der Waals surface area contributed by atoms with Crippen LogP contribution in [-0.4, -0.2) is 17.0 Å².